The summed E-state index contributed by atoms with van der Waals surface area (Å²) in [6, 6.07) is 1.55. The van der Waals surface area contributed by atoms with Gasteiger partial charge in [-0.1, -0.05) is 11.3 Å². The average molecular weight is 486 g/mol. The normalized spacial score (nSPS) is 26.2. The number of nitrogens with two attached hydrogens (primary N) is 1. The smallest absolute Gasteiger partial charge is 0.213 e. The number of anilines is 2. The van der Waals surface area contributed by atoms with E-state index in [4.69, 9.17) is 5.73 Å². The fourth-order valence-corrected chi connectivity index (χ4v) is 6.65. The lowest BCUT2D eigenvalue weighted by molar-refractivity contribution is 0.103. The predicted octanol–water partition coefficient (Wildman–Crippen LogP) is 2.37. The van der Waals surface area contributed by atoms with E-state index >= 15 is 0 Å². The highest BCUT2D eigenvalue weighted by Gasteiger charge is 2.29. The monoisotopic (exact) mass is 485 g/mol. The standard InChI is InChI=1S/C20H25F2N5O3S2/c1-10-9-32(29,30)27-13-4-2-12(3-5-13)25-20-26-19(23)18(31-20)17(28)16-14(21)6-11(8-24-10)7-15(16)22/h6-7,10,12-13,24,27H,2-5,8-9,23H2,1H3,(H,25,26). The van der Waals surface area contributed by atoms with Gasteiger partial charge in [-0.3, -0.25) is 4.79 Å². The maximum atomic E-state index is 14.7. The number of benzene rings is 1. The summed E-state index contributed by atoms with van der Waals surface area (Å²) in [7, 11) is -3.53. The van der Waals surface area contributed by atoms with Crippen LogP contribution in [-0.2, 0) is 16.6 Å². The topological polar surface area (TPSA) is 126 Å². The lowest BCUT2D eigenvalue weighted by Gasteiger charge is -2.29. The molecule has 5 heterocycles. The van der Waals surface area contributed by atoms with Gasteiger partial charge < -0.3 is 16.4 Å². The Kier molecular flexibility index (Phi) is 6.48. The zero-order valence-electron chi connectivity index (χ0n) is 17.5. The van der Waals surface area contributed by atoms with E-state index in [0.717, 1.165) is 23.5 Å². The molecule has 1 atom stereocenters. The van der Waals surface area contributed by atoms with Crippen LogP contribution in [0.5, 0.6) is 0 Å². The van der Waals surface area contributed by atoms with E-state index in [2.05, 4.69) is 20.3 Å². The molecule has 174 valence electrons. The number of nitrogen functional groups attached to an aromatic ring is 1. The van der Waals surface area contributed by atoms with Crippen molar-refractivity contribution in [2.45, 2.75) is 57.3 Å². The number of carbonyl (C=O) groups is 1. The van der Waals surface area contributed by atoms with Crippen molar-refractivity contribution in [3.05, 3.63) is 39.8 Å². The van der Waals surface area contributed by atoms with Crippen LogP contribution in [0, 0.1) is 11.6 Å². The van der Waals surface area contributed by atoms with Gasteiger partial charge in [0.05, 0.1) is 11.3 Å². The second-order valence-electron chi connectivity index (χ2n) is 8.37. The van der Waals surface area contributed by atoms with Crippen molar-refractivity contribution in [2.75, 3.05) is 16.8 Å². The summed E-state index contributed by atoms with van der Waals surface area (Å²) in [6.07, 6.45) is 2.72. The van der Waals surface area contributed by atoms with E-state index < -0.39 is 39.0 Å². The van der Waals surface area contributed by atoms with E-state index in [0.29, 0.717) is 30.8 Å². The van der Waals surface area contributed by atoms with Crippen molar-refractivity contribution < 1.29 is 22.0 Å². The Labute approximate surface area is 189 Å². The Hall–Kier alpha value is -2.15. The summed E-state index contributed by atoms with van der Waals surface area (Å²) >= 11 is 0.955. The maximum absolute atomic E-state index is 14.7. The molecule has 32 heavy (non-hydrogen) atoms. The number of ketones is 1. The van der Waals surface area contributed by atoms with Gasteiger partial charge in [-0.15, -0.1) is 0 Å². The average Bonchev–Trinajstić information content (AvgIpc) is 3.06. The summed E-state index contributed by atoms with van der Waals surface area (Å²) in [5.74, 6) is -3.11. The van der Waals surface area contributed by atoms with E-state index in [-0.39, 0.29) is 40.6 Å². The zero-order valence-corrected chi connectivity index (χ0v) is 19.1. The van der Waals surface area contributed by atoms with Crippen LogP contribution in [0.15, 0.2) is 12.1 Å². The summed E-state index contributed by atoms with van der Waals surface area (Å²) in [4.78, 5) is 17.0. The van der Waals surface area contributed by atoms with Gasteiger partial charge in [0.2, 0.25) is 15.8 Å². The van der Waals surface area contributed by atoms with Crippen LogP contribution in [0.1, 0.15) is 53.4 Å². The zero-order chi connectivity index (χ0) is 23.0. The summed E-state index contributed by atoms with van der Waals surface area (Å²) in [6.45, 7) is 1.73. The quantitative estimate of drug-likeness (QED) is 0.451. The van der Waals surface area contributed by atoms with Gasteiger partial charge in [0.25, 0.3) is 0 Å². The molecule has 1 aromatic carbocycles. The highest BCUT2D eigenvalue weighted by molar-refractivity contribution is 7.89. The van der Waals surface area contributed by atoms with Crippen LogP contribution in [0.2, 0.25) is 0 Å². The molecule has 0 radical (unpaired) electrons. The van der Waals surface area contributed by atoms with Crippen molar-refractivity contribution in [1.29, 1.82) is 0 Å². The lowest BCUT2D eigenvalue weighted by Crippen LogP contribution is -2.44. The molecular formula is C20H25F2N5O3S2. The molecular weight excluding hydrogens is 460 g/mol. The van der Waals surface area contributed by atoms with Crippen molar-refractivity contribution in [1.82, 2.24) is 15.0 Å². The molecule has 1 aliphatic carbocycles. The van der Waals surface area contributed by atoms with Crippen LogP contribution in [0.4, 0.5) is 19.7 Å². The Morgan fingerprint density at radius 2 is 1.75 bits per heavy atom. The number of thiazole rings is 1. The number of hydrogen-bond donors (Lipinski definition) is 4. The van der Waals surface area contributed by atoms with Crippen LogP contribution < -0.4 is 21.1 Å². The highest BCUT2D eigenvalue weighted by Crippen LogP contribution is 2.32. The third kappa shape index (κ3) is 5.08. The van der Waals surface area contributed by atoms with Crippen LogP contribution in [0.3, 0.4) is 0 Å². The van der Waals surface area contributed by atoms with E-state index in [1.165, 1.54) is 0 Å². The van der Waals surface area contributed by atoms with Crippen molar-refractivity contribution in [3.8, 4) is 0 Å². The number of carbonyl (C=O) groups excluding carboxylic acids is 1. The molecule has 1 saturated carbocycles. The minimum atomic E-state index is -3.53. The lowest BCUT2D eigenvalue weighted by atomic mass is 9.92. The number of halogens is 2. The fraction of sp³-hybridized carbons (Fsp3) is 0.500. The molecule has 0 saturated heterocycles. The first-order valence-corrected chi connectivity index (χ1v) is 12.9. The van der Waals surface area contributed by atoms with Gasteiger partial charge >= 0.3 is 0 Å². The van der Waals surface area contributed by atoms with Gasteiger partial charge in [0, 0.05) is 24.7 Å². The molecule has 1 fully saturated rings. The Morgan fingerprint density at radius 1 is 1.12 bits per heavy atom. The maximum Gasteiger partial charge on any atom is 0.213 e. The third-order valence-electron chi connectivity index (χ3n) is 5.71. The van der Waals surface area contributed by atoms with E-state index in [1.807, 2.05) is 0 Å². The van der Waals surface area contributed by atoms with Gasteiger partial charge in [-0.25, -0.2) is 26.9 Å². The molecule has 7 rings (SSSR count). The van der Waals surface area contributed by atoms with Gasteiger partial charge in [-0.2, -0.15) is 0 Å². The molecule has 5 aliphatic rings. The molecule has 12 heteroatoms. The van der Waals surface area contributed by atoms with Crippen LogP contribution in [-0.4, -0.2) is 43.1 Å². The molecule has 4 aliphatic heterocycles. The van der Waals surface area contributed by atoms with Gasteiger partial charge in [0.1, 0.15) is 22.3 Å². The first kappa shape index (κ1) is 23.0. The van der Waals surface area contributed by atoms with Crippen molar-refractivity contribution in [3.63, 3.8) is 0 Å². The largest absolute Gasteiger partial charge is 0.382 e. The van der Waals surface area contributed by atoms with E-state index in [1.54, 1.807) is 6.92 Å². The van der Waals surface area contributed by atoms with Crippen molar-refractivity contribution in [2.24, 2.45) is 0 Å². The molecule has 1 unspecified atom stereocenters. The second kappa shape index (κ2) is 9.00. The van der Waals surface area contributed by atoms with Gasteiger partial charge in [-0.05, 0) is 50.3 Å². The van der Waals surface area contributed by atoms with Crippen molar-refractivity contribution >= 4 is 38.1 Å². The Morgan fingerprint density at radius 3 is 2.41 bits per heavy atom. The number of hydrogen-bond acceptors (Lipinski definition) is 8. The number of nitrogens with one attached hydrogen (secondary N) is 3. The fourth-order valence-electron chi connectivity index (χ4n) is 4.13. The molecule has 5 N–H and O–H groups in total. The molecule has 6 bridgehead atoms. The first-order chi connectivity index (χ1) is 15.1. The minimum Gasteiger partial charge on any atom is -0.382 e. The Balaban J connectivity index is 1.68. The third-order valence-corrected chi connectivity index (χ3v) is 8.35. The summed E-state index contributed by atoms with van der Waals surface area (Å²) in [5.41, 5.74) is 5.45. The Bertz CT molecular complexity index is 1110. The molecule has 8 nitrogen and oxygen atoms in total. The SMILES string of the molecule is CC1CS(=O)(=O)NC2CCC(CC2)Nc2nc(N)c(s2)C(=O)c2c(F)cc(cc2F)CN1. The van der Waals surface area contributed by atoms with E-state index in [9.17, 15) is 22.0 Å². The van der Waals surface area contributed by atoms with Crippen LogP contribution in [0.25, 0.3) is 0 Å². The number of sulfonamides is 1. The molecule has 2 aromatic rings. The molecule has 0 amide bonds. The number of aromatic nitrogens is 1. The number of rotatable bonds is 0. The first-order valence-electron chi connectivity index (χ1n) is 10.4. The number of nitrogens with zero attached hydrogens (tertiary/aromatic N) is 1. The van der Waals surface area contributed by atoms with Crippen LogP contribution >= 0.6 is 11.3 Å². The molecule has 1 aromatic heterocycles. The van der Waals surface area contributed by atoms with Gasteiger partial charge in [0.15, 0.2) is 5.13 Å². The molecule has 0 spiro atoms. The summed E-state index contributed by atoms with van der Waals surface area (Å²) < 4.78 is 57.3. The summed E-state index contributed by atoms with van der Waals surface area (Å²) in [5, 5.41) is 6.58. The minimum absolute atomic E-state index is 0.0239. The predicted molar refractivity (Wildman–Crippen MR) is 119 cm³/mol. The highest BCUT2D eigenvalue weighted by atomic mass is 32.2. The second-order valence-corrected chi connectivity index (χ2v) is 11.2.